The minimum absolute atomic E-state index is 0.232. The third kappa shape index (κ3) is 3.28. The van der Waals surface area contributed by atoms with Crippen LogP contribution in [0.3, 0.4) is 0 Å². The summed E-state index contributed by atoms with van der Waals surface area (Å²) in [5, 5.41) is 21.3. The van der Waals surface area contributed by atoms with Crippen molar-refractivity contribution in [2.24, 2.45) is 7.05 Å². The second-order valence-electron chi connectivity index (χ2n) is 3.93. The molecule has 0 atom stereocenters. The number of pyridine rings is 1. The van der Waals surface area contributed by atoms with Crippen LogP contribution in [0, 0.1) is 0 Å². The topological polar surface area (TPSA) is 93.8 Å². The molecule has 100 valence electrons. The average Bonchev–Trinajstić information content (AvgIpc) is 2.75. The van der Waals surface area contributed by atoms with E-state index >= 15 is 0 Å². The van der Waals surface area contributed by atoms with Gasteiger partial charge in [-0.15, -0.1) is 5.10 Å². The van der Waals surface area contributed by atoms with Crippen molar-refractivity contribution in [3.8, 4) is 0 Å². The predicted molar refractivity (Wildman–Crippen MR) is 68.1 cm³/mol. The van der Waals surface area contributed by atoms with Gasteiger partial charge in [-0.25, -0.2) is 14.5 Å². The molecule has 0 unspecified atom stereocenters. The van der Waals surface area contributed by atoms with E-state index in [1.165, 1.54) is 22.5 Å². The number of hydrogen-bond donors (Lipinski definition) is 1. The minimum atomic E-state index is -0.960. The van der Waals surface area contributed by atoms with Gasteiger partial charge < -0.3 is 5.11 Å². The molecule has 0 radical (unpaired) electrons. The number of nitrogens with zero attached hydrogens (tertiary/aromatic N) is 5. The molecule has 0 spiro atoms. The molecule has 0 aliphatic carbocycles. The van der Waals surface area contributed by atoms with Crippen molar-refractivity contribution in [3.63, 3.8) is 0 Å². The molecule has 0 bridgehead atoms. The fourth-order valence-electron chi connectivity index (χ4n) is 1.52. The smallest absolute Gasteiger partial charge is 0.335 e. The first-order chi connectivity index (χ1) is 9.10. The largest absolute Gasteiger partial charge is 0.478 e. The van der Waals surface area contributed by atoms with E-state index in [4.69, 9.17) is 5.11 Å². The summed E-state index contributed by atoms with van der Waals surface area (Å²) in [7, 11) is 1.72. The summed E-state index contributed by atoms with van der Waals surface area (Å²) in [6.07, 6.45) is 1.65. The van der Waals surface area contributed by atoms with Crippen LogP contribution in [0.5, 0.6) is 0 Å². The first-order valence-corrected chi connectivity index (χ1v) is 6.56. The van der Waals surface area contributed by atoms with Crippen molar-refractivity contribution >= 4 is 17.7 Å². The highest BCUT2D eigenvalue weighted by molar-refractivity contribution is 7.99. The van der Waals surface area contributed by atoms with Crippen molar-refractivity contribution in [2.75, 3.05) is 0 Å². The highest BCUT2D eigenvalue weighted by Gasteiger charge is 2.12. The molecule has 2 heterocycles. The second-order valence-corrected chi connectivity index (χ2v) is 4.92. The van der Waals surface area contributed by atoms with Crippen LogP contribution in [0.4, 0.5) is 0 Å². The molecule has 0 fully saturated rings. The highest BCUT2D eigenvalue weighted by atomic mass is 32.2. The van der Waals surface area contributed by atoms with Gasteiger partial charge in [-0.1, -0.05) is 13.3 Å². The molecular weight excluding hydrogens is 266 g/mol. The number of aromatic carboxylic acids is 1. The molecule has 1 N–H and O–H groups in total. The van der Waals surface area contributed by atoms with E-state index in [2.05, 4.69) is 20.5 Å². The van der Waals surface area contributed by atoms with Crippen molar-refractivity contribution in [3.05, 3.63) is 23.4 Å². The van der Waals surface area contributed by atoms with Gasteiger partial charge in [0.2, 0.25) is 5.16 Å². The molecule has 2 aromatic heterocycles. The molecule has 0 saturated carbocycles. The summed E-state index contributed by atoms with van der Waals surface area (Å²) in [6.45, 7) is 2.02. The van der Waals surface area contributed by atoms with E-state index in [-0.39, 0.29) is 5.56 Å². The summed E-state index contributed by atoms with van der Waals surface area (Å²) in [5.74, 6) is -0.960. The van der Waals surface area contributed by atoms with Gasteiger partial charge in [0.15, 0.2) is 0 Å². The van der Waals surface area contributed by atoms with Gasteiger partial charge in [-0.3, -0.25) is 0 Å². The van der Waals surface area contributed by atoms with Crippen LogP contribution in [0.1, 0.15) is 29.4 Å². The van der Waals surface area contributed by atoms with Crippen LogP contribution in [-0.4, -0.2) is 36.3 Å². The zero-order valence-corrected chi connectivity index (χ0v) is 11.4. The number of aryl methyl sites for hydroxylation is 2. The fourth-order valence-corrected chi connectivity index (χ4v) is 2.30. The zero-order valence-electron chi connectivity index (χ0n) is 10.6. The van der Waals surface area contributed by atoms with Crippen molar-refractivity contribution in [1.82, 2.24) is 25.2 Å². The molecule has 0 aliphatic heterocycles. The molecular formula is C11H13N5O2S. The normalized spacial score (nSPS) is 10.6. The number of rotatable bonds is 5. The van der Waals surface area contributed by atoms with Gasteiger partial charge in [0.1, 0.15) is 5.03 Å². The van der Waals surface area contributed by atoms with Crippen molar-refractivity contribution < 1.29 is 9.90 Å². The van der Waals surface area contributed by atoms with Gasteiger partial charge in [0.25, 0.3) is 0 Å². The Morgan fingerprint density at radius 2 is 2.26 bits per heavy atom. The van der Waals surface area contributed by atoms with E-state index in [0.717, 1.165) is 18.5 Å². The monoisotopic (exact) mass is 279 g/mol. The molecule has 8 heteroatoms. The molecule has 0 aromatic carbocycles. The van der Waals surface area contributed by atoms with E-state index in [1.54, 1.807) is 13.1 Å². The predicted octanol–water partition coefficient (Wildman–Crippen LogP) is 1.41. The van der Waals surface area contributed by atoms with Gasteiger partial charge in [0.05, 0.1) is 5.56 Å². The SMILES string of the molecule is CCCc1cc(C(=O)O)cc(Sc2nnnn2C)n1. The number of hydrogen-bond acceptors (Lipinski definition) is 6. The number of tetrazole rings is 1. The standard InChI is InChI=1S/C11H13N5O2S/c1-3-4-8-5-7(10(17)18)6-9(12-8)19-11-13-14-15-16(11)2/h5-6H,3-4H2,1-2H3,(H,17,18). The van der Waals surface area contributed by atoms with Gasteiger partial charge in [0, 0.05) is 12.7 Å². The first-order valence-electron chi connectivity index (χ1n) is 5.74. The average molecular weight is 279 g/mol. The van der Waals surface area contributed by atoms with Crippen molar-refractivity contribution in [1.29, 1.82) is 0 Å². The number of carboxylic acids is 1. The van der Waals surface area contributed by atoms with Crippen LogP contribution in [0.25, 0.3) is 0 Å². The Morgan fingerprint density at radius 1 is 1.47 bits per heavy atom. The number of carbonyl (C=O) groups is 1. The van der Waals surface area contributed by atoms with Crippen LogP contribution in [0.15, 0.2) is 22.3 Å². The number of carboxylic acid groups (broad SMARTS) is 1. The molecule has 2 aromatic rings. The molecule has 19 heavy (non-hydrogen) atoms. The van der Waals surface area contributed by atoms with Gasteiger partial charge in [-0.2, -0.15) is 0 Å². The lowest BCUT2D eigenvalue weighted by Gasteiger charge is -2.05. The van der Waals surface area contributed by atoms with E-state index in [9.17, 15) is 4.79 Å². The Morgan fingerprint density at radius 3 is 2.84 bits per heavy atom. The lowest BCUT2D eigenvalue weighted by molar-refractivity contribution is 0.0696. The number of aromatic nitrogens is 5. The van der Waals surface area contributed by atoms with Crippen molar-refractivity contribution in [2.45, 2.75) is 29.9 Å². The summed E-state index contributed by atoms with van der Waals surface area (Å²) >= 11 is 1.24. The van der Waals surface area contributed by atoms with Gasteiger partial charge in [-0.05, 0) is 40.7 Å². The van der Waals surface area contributed by atoms with Crippen LogP contribution in [-0.2, 0) is 13.5 Å². The molecule has 2 rings (SSSR count). The minimum Gasteiger partial charge on any atom is -0.478 e. The lowest BCUT2D eigenvalue weighted by Crippen LogP contribution is -2.02. The highest BCUT2D eigenvalue weighted by Crippen LogP contribution is 2.24. The third-order valence-corrected chi connectivity index (χ3v) is 3.33. The van der Waals surface area contributed by atoms with E-state index in [0.29, 0.717) is 10.2 Å². The van der Waals surface area contributed by atoms with Crippen LogP contribution in [0.2, 0.25) is 0 Å². The van der Waals surface area contributed by atoms with E-state index in [1.807, 2.05) is 6.92 Å². The summed E-state index contributed by atoms with van der Waals surface area (Å²) in [4.78, 5) is 15.5. The Labute approximate surface area is 114 Å². The summed E-state index contributed by atoms with van der Waals surface area (Å²) < 4.78 is 1.51. The fraction of sp³-hybridized carbons (Fsp3) is 0.364. The van der Waals surface area contributed by atoms with Crippen LogP contribution < -0.4 is 0 Å². The Balaban J connectivity index is 2.33. The Bertz CT molecular complexity index is 599. The summed E-state index contributed by atoms with van der Waals surface area (Å²) in [6, 6.07) is 3.13. The third-order valence-electron chi connectivity index (χ3n) is 2.39. The first kappa shape index (κ1) is 13.5. The maximum Gasteiger partial charge on any atom is 0.335 e. The molecule has 0 saturated heterocycles. The maximum atomic E-state index is 11.1. The van der Waals surface area contributed by atoms with E-state index < -0.39 is 5.97 Å². The van der Waals surface area contributed by atoms with Gasteiger partial charge >= 0.3 is 5.97 Å². The second kappa shape index (κ2) is 5.79. The summed E-state index contributed by atoms with van der Waals surface area (Å²) in [5.41, 5.74) is 0.996. The lowest BCUT2D eigenvalue weighted by atomic mass is 10.2. The molecule has 0 amide bonds. The molecule has 7 nitrogen and oxygen atoms in total. The Hall–Kier alpha value is -1.96. The Kier molecular flexibility index (Phi) is 4.10. The molecule has 0 aliphatic rings. The van der Waals surface area contributed by atoms with Crippen LogP contribution >= 0.6 is 11.8 Å². The quantitative estimate of drug-likeness (QED) is 0.884. The zero-order chi connectivity index (χ0) is 13.8. The maximum absolute atomic E-state index is 11.1.